The van der Waals surface area contributed by atoms with Crippen LogP contribution in [-0.4, -0.2) is 25.2 Å². The monoisotopic (exact) mass is 318 g/mol. The lowest BCUT2D eigenvalue weighted by molar-refractivity contribution is 0.411. The highest BCUT2D eigenvalue weighted by Crippen LogP contribution is 2.26. The second kappa shape index (κ2) is 7.97. The first-order valence-corrected chi connectivity index (χ1v) is 7.67. The highest BCUT2D eigenvalue weighted by molar-refractivity contribution is 9.10. The van der Waals surface area contributed by atoms with E-state index in [-0.39, 0.29) is 0 Å². The first kappa shape index (κ1) is 14.8. The quantitative estimate of drug-likeness (QED) is 0.599. The maximum absolute atomic E-state index is 5.56. The SMILES string of the molecule is COc1ccc(CC(CCSC)NN)cc1Br. The number of hydrogen-bond acceptors (Lipinski definition) is 4. The van der Waals surface area contributed by atoms with Crippen LogP contribution in [-0.2, 0) is 6.42 Å². The predicted octanol–water partition coefficient (Wildman–Crippen LogP) is 2.59. The molecule has 3 nitrogen and oxygen atoms in total. The molecule has 1 aromatic rings. The Hall–Kier alpha value is -0.230. The summed E-state index contributed by atoms with van der Waals surface area (Å²) >= 11 is 5.33. The number of hydrazine groups is 1. The molecule has 1 unspecified atom stereocenters. The van der Waals surface area contributed by atoms with Gasteiger partial charge in [-0.3, -0.25) is 11.3 Å². The first-order valence-electron chi connectivity index (χ1n) is 5.48. The van der Waals surface area contributed by atoms with Crippen molar-refractivity contribution in [3.8, 4) is 5.75 Å². The Morgan fingerprint density at radius 3 is 2.82 bits per heavy atom. The van der Waals surface area contributed by atoms with Crippen molar-refractivity contribution < 1.29 is 4.74 Å². The van der Waals surface area contributed by atoms with E-state index in [0.29, 0.717) is 6.04 Å². The van der Waals surface area contributed by atoms with E-state index in [1.54, 1.807) is 7.11 Å². The molecule has 0 radical (unpaired) electrons. The Bertz CT molecular complexity index is 349. The lowest BCUT2D eigenvalue weighted by Gasteiger charge is -2.16. The minimum absolute atomic E-state index is 0.322. The molecule has 1 aromatic carbocycles. The van der Waals surface area contributed by atoms with Gasteiger partial charge in [0.15, 0.2) is 0 Å². The highest BCUT2D eigenvalue weighted by atomic mass is 79.9. The van der Waals surface area contributed by atoms with Gasteiger partial charge in [0, 0.05) is 6.04 Å². The van der Waals surface area contributed by atoms with Crippen molar-refractivity contribution in [2.75, 3.05) is 19.1 Å². The van der Waals surface area contributed by atoms with Crippen LogP contribution < -0.4 is 16.0 Å². The van der Waals surface area contributed by atoms with Crippen molar-refractivity contribution in [1.29, 1.82) is 0 Å². The van der Waals surface area contributed by atoms with Crippen LogP contribution in [0.3, 0.4) is 0 Å². The summed E-state index contributed by atoms with van der Waals surface area (Å²) < 4.78 is 6.19. The number of hydrogen-bond donors (Lipinski definition) is 2. The van der Waals surface area contributed by atoms with E-state index < -0.39 is 0 Å². The number of halogens is 1. The van der Waals surface area contributed by atoms with Gasteiger partial charge in [0.1, 0.15) is 5.75 Å². The normalized spacial score (nSPS) is 12.5. The molecule has 0 spiro atoms. The molecular formula is C12H19BrN2OS. The zero-order valence-electron chi connectivity index (χ0n) is 10.2. The van der Waals surface area contributed by atoms with Crippen LogP contribution >= 0.6 is 27.7 Å². The molecule has 1 atom stereocenters. The molecule has 1 rings (SSSR count). The largest absolute Gasteiger partial charge is 0.496 e. The Balaban J connectivity index is 2.63. The second-order valence-electron chi connectivity index (χ2n) is 3.82. The molecule has 5 heteroatoms. The molecule has 3 N–H and O–H groups in total. The van der Waals surface area contributed by atoms with Crippen LogP contribution in [0.25, 0.3) is 0 Å². The highest BCUT2D eigenvalue weighted by Gasteiger charge is 2.09. The fourth-order valence-corrected chi connectivity index (χ4v) is 2.73. The van der Waals surface area contributed by atoms with Gasteiger partial charge in [-0.2, -0.15) is 11.8 Å². The maximum atomic E-state index is 5.56. The molecule has 0 fully saturated rings. The topological polar surface area (TPSA) is 47.3 Å². The summed E-state index contributed by atoms with van der Waals surface area (Å²) in [6.45, 7) is 0. The Morgan fingerprint density at radius 2 is 2.29 bits per heavy atom. The number of nitrogens with one attached hydrogen (secondary N) is 1. The standard InChI is InChI=1S/C12H19BrN2OS/c1-16-12-4-3-9(8-11(12)13)7-10(15-14)5-6-17-2/h3-4,8,10,15H,5-7,14H2,1-2H3. The van der Waals surface area contributed by atoms with Gasteiger partial charge in [0.05, 0.1) is 11.6 Å². The minimum atomic E-state index is 0.322. The van der Waals surface area contributed by atoms with E-state index >= 15 is 0 Å². The predicted molar refractivity (Wildman–Crippen MR) is 78.5 cm³/mol. The number of methoxy groups -OCH3 is 1. The van der Waals surface area contributed by atoms with E-state index in [0.717, 1.165) is 28.8 Å². The number of thioether (sulfide) groups is 1. The molecule has 0 aliphatic heterocycles. The van der Waals surface area contributed by atoms with Crippen molar-refractivity contribution in [2.24, 2.45) is 5.84 Å². The van der Waals surface area contributed by atoms with Crippen molar-refractivity contribution in [3.05, 3.63) is 28.2 Å². The lowest BCUT2D eigenvalue weighted by Crippen LogP contribution is -2.37. The molecule has 96 valence electrons. The van der Waals surface area contributed by atoms with Crippen molar-refractivity contribution >= 4 is 27.7 Å². The fourth-order valence-electron chi connectivity index (χ4n) is 1.63. The van der Waals surface area contributed by atoms with Gasteiger partial charge in [-0.1, -0.05) is 6.07 Å². The average Bonchev–Trinajstić information content (AvgIpc) is 2.34. The van der Waals surface area contributed by atoms with Crippen LogP contribution in [0, 0.1) is 0 Å². The minimum Gasteiger partial charge on any atom is -0.496 e. The summed E-state index contributed by atoms with van der Waals surface area (Å²) in [5, 5.41) is 0. The van der Waals surface area contributed by atoms with Gasteiger partial charge in [-0.25, -0.2) is 0 Å². The van der Waals surface area contributed by atoms with E-state index in [1.807, 2.05) is 17.8 Å². The van der Waals surface area contributed by atoms with Crippen molar-refractivity contribution in [3.63, 3.8) is 0 Å². The Labute approximate surface area is 116 Å². The van der Waals surface area contributed by atoms with E-state index in [2.05, 4.69) is 39.7 Å². The number of ether oxygens (including phenoxy) is 1. The van der Waals surface area contributed by atoms with Crippen LogP contribution in [0.4, 0.5) is 0 Å². The summed E-state index contributed by atoms with van der Waals surface area (Å²) in [6.07, 6.45) is 4.11. The first-order chi connectivity index (χ1) is 8.21. The third-order valence-corrected chi connectivity index (χ3v) is 3.87. The molecular weight excluding hydrogens is 300 g/mol. The summed E-state index contributed by atoms with van der Waals surface area (Å²) in [7, 11) is 1.67. The van der Waals surface area contributed by atoms with Gasteiger partial charge in [0.25, 0.3) is 0 Å². The van der Waals surface area contributed by atoms with Crippen LogP contribution in [0.2, 0.25) is 0 Å². The summed E-state index contributed by atoms with van der Waals surface area (Å²) in [4.78, 5) is 0. The third-order valence-electron chi connectivity index (χ3n) is 2.60. The Morgan fingerprint density at radius 1 is 1.53 bits per heavy atom. The van der Waals surface area contributed by atoms with E-state index in [4.69, 9.17) is 10.6 Å². The van der Waals surface area contributed by atoms with Crippen LogP contribution in [0.15, 0.2) is 22.7 Å². The Kier molecular flexibility index (Phi) is 6.96. The van der Waals surface area contributed by atoms with Gasteiger partial charge in [0.2, 0.25) is 0 Å². The molecule has 0 saturated heterocycles. The summed E-state index contributed by atoms with van der Waals surface area (Å²) in [6, 6.07) is 6.46. The zero-order valence-corrected chi connectivity index (χ0v) is 12.6. The smallest absolute Gasteiger partial charge is 0.133 e. The van der Waals surface area contributed by atoms with Crippen LogP contribution in [0.5, 0.6) is 5.75 Å². The number of nitrogens with two attached hydrogens (primary N) is 1. The number of benzene rings is 1. The van der Waals surface area contributed by atoms with Gasteiger partial charge < -0.3 is 4.74 Å². The third kappa shape index (κ3) is 4.87. The van der Waals surface area contributed by atoms with E-state index in [1.165, 1.54) is 5.56 Å². The van der Waals surface area contributed by atoms with Gasteiger partial charge in [-0.05, 0) is 58.5 Å². The molecule has 0 aliphatic rings. The van der Waals surface area contributed by atoms with Crippen LogP contribution in [0.1, 0.15) is 12.0 Å². The molecule has 0 saturated carbocycles. The molecule has 0 heterocycles. The van der Waals surface area contributed by atoms with E-state index in [9.17, 15) is 0 Å². The molecule has 0 bridgehead atoms. The van der Waals surface area contributed by atoms with Gasteiger partial charge in [-0.15, -0.1) is 0 Å². The molecule has 0 amide bonds. The number of rotatable bonds is 7. The average molecular weight is 319 g/mol. The maximum Gasteiger partial charge on any atom is 0.133 e. The molecule has 17 heavy (non-hydrogen) atoms. The van der Waals surface area contributed by atoms with Crippen molar-refractivity contribution in [1.82, 2.24) is 5.43 Å². The van der Waals surface area contributed by atoms with Crippen molar-refractivity contribution in [2.45, 2.75) is 18.9 Å². The lowest BCUT2D eigenvalue weighted by atomic mass is 10.0. The fraction of sp³-hybridized carbons (Fsp3) is 0.500. The zero-order chi connectivity index (χ0) is 12.7. The molecule has 0 aromatic heterocycles. The summed E-state index contributed by atoms with van der Waals surface area (Å²) in [5.41, 5.74) is 4.13. The van der Waals surface area contributed by atoms with Gasteiger partial charge >= 0.3 is 0 Å². The second-order valence-corrected chi connectivity index (χ2v) is 5.66. The molecule has 0 aliphatic carbocycles. The summed E-state index contributed by atoms with van der Waals surface area (Å²) in [5.74, 6) is 7.53.